The van der Waals surface area contributed by atoms with Crippen molar-refractivity contribution in [3.05, 3.63) is 57.6 Å². The summed E-state index contributed by atoms with van der Waals surface area (Å²) >= 11 is 11.7. The van der Waals surface area contributed by atoms with Crippen LogP contribution in [-0.2, 0) is 9.53 Å². The summed E-state index contributed by atoms with van der Waals surface area (Å²) in [7, 11) is 0. The van der Waals surface area contributed by atoms with Gasteiger partial charge in [-0.3, -0.25) is 9.59 Å². The largest absolute Gasteiger partial charge is 0.454 e. The molecule has 6 nitrogen and oxygen atoms in total. The van der Waals surface area contributed by atoms with Crippen molar-refractivity contribution >= 4 is 52.2 Å². The molecule has 8 heteroatoms. The predicted octanol–water partition coefficient (Wildman–Crippen LogP) is 3.57. The third-order valence-electron chi connectivity index (χ3n) is 3.18. The number of rotatable bonds is 5. The molecule has 2 aromatic rings. The summed E-state index contributed by atoms with van der Waals surface area (Å²) in [6.45, 7) is 0.911. The van der Waals surface area contributed by atoms with Crippen molar-refractivity contribution in [1.29, 1.82) is 0 Å². The van der Waals surface area contributed by atoms with Crippen LogP contribution in [0.1, 0.15) is 27.6 Å². The minimum atomic E-state index is -0.801. The molecule has 0 bridgehead atoms. The topological polar surface area (TPSA) is 98.5 Å². The van der Waals surface area contributed by atoms with E-state index in [1.807, 2.05) is 0 Å². The highest BCUT2D eigenvalue weighted by molar-refractivity contribution is 6.37. The minimum Gasteiger partial charge on any atom is -0.454 e. The van der Waals surface area contributed by atoms with Gasteiger partial charge in [-0.15, -0.1) is 0 Å². The summed E-state index contributed by atoms with van der Waals surface area (Å²) in [5.74, 6) is -1.43. The number of benzene rings is 2. The second kappa shape index (κ2) is 8.00. The highest BCUT2D eigenvalue weighted by Gasteiger charge is 2.17. The summed E-state index contributed by atoms with van der Waals surface area (Å²) in [4.78, 5) is 35.1. The van der Waals surface area contributed by atoms with Crippen molar-refractivity contribution in [2.75, 3.05) is 17.7 Å². The lowest BCUT2D eigenvalue weighted by atomic mass is 10.1. The van der Waals surface area contributed by atoms with Crippen LogP contribution in [0.3, 0.4) is 0 Å². The van der Waals surface area contributed by atoms with Gasteiger partial charge in [-0.05, 0) is 36.4 Å². The van der Waals surface area contributed by atoms with E-state index in [1.165, 1.54) is 31.2 Å². The van der Waals surface area contributed by atoms with Crippen molar-refractivity contribution in [2.24, 2.45) is 0 Å². The molecule has 2 aromatic carbocycles. The van der Waals surface area contributed by atoms with E-state index < -0.39 is 18.4 Å². The monoisotopic (exact) mass is 380 g/mol. The number of nitrogen functional groups attached to an aromatic ring is 1. The van der Waals surface area contributed by atoms with Crippen molar-refractivity contribution in [3.63, 3.8) is 0 Å². The molecule has 0 aliphatic carbocycles. The molecule has 0 spiro atoms. The summed E-state index contributed by atoms with van der Waals surface area (Å²) in [5.41, 5.74) is 6.63. The summed E-state index contributed by atoms with van der Waals surface area (Å²) in [6.07, 6.45) is 0. The van der Waals surface area contributed by atoms with Crippen LogP contribution in [0.5, 0.6) is 0 Å². The molecule has 0 fully saturated rings. The van der Waals surface area contributed by atoms with Crippen LogP contribution in [-0.4, -0.2) is 24.3 Å². The first-order chi connectivity index (χ1) is 11.8. The van der Waals surface area contributed by atoms with Crippen LogP contribution in [0.4, 0.5) is 11.4 Å². The fourth-order valence-corrected chi connectivity index (χ4v) is 2.48. The number of hydrogen-bond donors (Lipinski definition) is 2. The first kappa shape index (κ1) is 18.8. The van der Waals surface area contributed by atoms with Crippen LogP contribution in [0.15, 0.2) is 36.4 Å². The van der Waals surface area contributed by atoms with E-state index in [0.717, 1.165) is 0 Å². The molecule has 3 N–H and O–H groups in total. The second-order valence-corrected chi connectivity index (χ2v) is 5.95. The van der Waals surface area contributed by atoms with Gasteiger partial charge in [0.1, 0.15) is 0 Å². The summed E-state index contributed by atoms with van der Waals surface area (Å²) in [6, 6.07) is 8.91. The first-order valence-corrected chi connectivity index (χ1v) is 7.86. The molecule has 0 heterocycles. The number of carbonyl (C=O) groups is 3. The van der Waals surface area contributed by atoms with E-state index in [4.69, 9.17) is 33.7 Å². The van der Waals surface area contributed by atoms with E-state index >= 15 is 0 Å². The Labute approximate surface area is 153 Å². The minimum absolute atomic E-state index is 0.00805. The molecule has 1 amide bonds. The number of anilines is 2. The molecule has 25 heavy (non-hydrogen) atoms. The van der Waals surface area contributed by atoms with Crippen LogP contribution < -0.4 is 11.1 Å². The van der Waals surface area contributed by atoms with Gasteiger partial charge in [-0.1, -0.05) is 23.2 Å². The third kappa shape index (κ3) is 4.95. The number of halogens is 2. The fraction of sp³-hybridized carbons (Fsp3) is 0.118. The van der Waals surface area contributed by atoms with Crippen LogP contribution in [0.25, 0.3) is 0 Å². The maximum Gasteiger partial charge on any atom is 0.340 e. The maximum atomic E-state index is 12.1. The SMILES string of the molecule is CC(=O)Nc1ccc(C(=O)COC(=O)c2cc(Cl)cc(Cl)c2N)cc1. The van der Waals surface area contributed by atoms with Gasteiger partial charge in [0.05, 0.1) is 16.3 Å². The Morgan fingerprint density at radius 2 is 1.76 bits per heavy atom. The molecule has 0 saturated carbocycles. The Bertz CT molecular complexity index is 835. The molecule has 130 valence electrons. The number of Topliss-reactive ketones (excluding diaryl/α,β-unsaturated/α-hetero) is 1. The molecular formula is C17H14Cl2N2O4. The standard InChI is InChI=1S/C17H14Cl2N2O4/c1-9(22)21-12-4-2-10(3-5-12)15(23)8-25-17(24)13-6-11(18)7-14(19)16(13)20/h2-7H,8,20H2,1H3,(H,21,22). The summed E-state index contributed by atoms with van der Waals surface area (Å²) < 4.78 is 4.97. The van der Waals surface area contributed by atoms with Gasteiger partial charge in [0, 0.05) is 23.2 Å². The molecule has 0 aliphatic rings. The molecule has 0 aromatic heterocycles. The molecule has 2 rings (SSSR count). The zero-order valence-electron chi connectivity index (χ0n) is 13.1. The van der Waals surface area contributed by atoms with Crippen LogP contribution in [0, 0.1) is 0 Å². The smallest absolute Gasteiger partial charge is 0.340 e. The number of ketones is 1. The van der Waals surface area contributed by atoms with E-state index in [2.05, 4.69) is 5.32 Å². The van der Waals surface area contributed by atoms with Crippen LogP contribution in [0.2, 0.25) is 10.0 Å². The number of carbonyl (C=O) groups excluding carboxylic acids is 3. The maximum absolute atomic E-state index is 12.1. The van der Waals surface area contributed by atoms with Crippen molar-refractivity contribution in [3.8, 4) is 0 Å². The quantitative estimate of drug-likeness (QED) is 0.469. The number of nitrogens with two attached hydrogens (primary N) is 1. The third-order valence-corrected chi connectivity index (χ3v) is 3.71. The normalized spacial score (nSPS) is 10.2. The van der Waals surface area contributed by atoms with Crippen molar-refractivity contribution in [1.82, 2.24) is 0 Å². The molecule has 0 radical (unpaired) electrons. The fourth-order valence-electron chi connectivity index (χ4n) is 1.99. The van der Waals surface area contributed by atoms with E-state index in [9.17, 15) is 14.4 Å². The average Bonchev–Trinajstić information content (AvgIpc) is 2.55. The lowest BCUT2D eigenvalue weighted by molar-refractivity contribution is -0.114. The van der Waals surface area contributed by atoms with E-state index in [-0.39, 0.29) is 27.2 Å². The van der Waals surface area contributed by atoms with Gasteiger partial charge in [-0.2, -0.15) is 0 Å². The van der Waals surface area contributed by atoms with Crippen molar-refractivity contribution in [2.45, 2.75) is 6.92 Å². The number of ether oxygens (including phenoxy) is 1. The Morgan fingerprint density at radius 3 is 2.36 bits per heavy atom. The van der Waals surface area contributed by atoms with Gasteiger partial charge < -0.3 is 15.8 Å². The Hall–Kier alpha value is -2.57. The van der Waals surface area contributed by atoms with Crippen molar-refractivity contribution < 1.29 is 19.1 Å². The predicted molar refractivity (Wildman–Crippen MR) is 96.2 cm³/mol. The lowest BCUT2D eigenvalue weighted by Gasteiger charge is -2.09. The van der Waals surface area contributed by atoms with Gasteiger partial charge in [-0.25, -0.2) is 4.79 Å². The lowest BCUT2D eigenvalue weighted by Crippen LogP contribution is -2.15. The first-order valence-electron chi connectivity index (χ1n) is 7.10. The van der Waals surface area contributed by atoms with E-state index in [1.54, 1.807) is 12.1 Å². The number of esters is 1. The molecular weight excluding hydrogens is 367 g/mol. The second-order valence-electron chi connectivity index (χ2n) is 5.11. The Balaban J connectivity index is 2.02. The number of nitrogens with one attached hydrogen (secondary N) is 1. The highest BCUT2D eigenvalue weighted by atomic mass is 35.5. The Kier molecular flexibility index (Phi) is 6.01. The zero-order chi connectivity index (χ0) is 18.6. The summed E-state index contributed by atoms with van der Waals surface area (Å²) in [5, 5.41) is 2.94. The zero-order valence-corrected chi connectivity index (χ0v) is 14.6. The number of amides is 1. The average molecular weight is 381 g/mol. The number of hydrogen-bond acceptors (Lipinski definition) is 5. The molecule has 0 aliphatic heterocycles. The van der Waals surface area contributed by atoms with Gasteiger partial charge in [0.25, 0.3) is 0 Å². The molecule has 0 atom stereocenters. The highest BCUT2D eigenvalue weighted by Crippen LogP contribution is 2.28. The Morgan fingerprint density at radius 1 is 1.12 bits per heavy atom. The van der Waals surface area contributed by atoms with Gasteiger partial charge >= 0.3 is 5.97 Å². The molecule has 0 saturated heterocycles. The molecule has 0 unspecified atom stereocenters. The van der Waals surface area contributed by atoms with Crippen LogP contribution >= 0.6 is 23.2 Å². The van der Waals surface area contributed by atoms with Gasteiger partial charge in [0.2, 0.25) is 5.91 Å². The van der Waals surface area contributed by atoms with E-state index in [0.29, 0.717) is 11.3 Å². The van der Waals surface area contributed by atoms with Gasteiger partial charge in [0.15, 0.2) is 12.4 Å².